The fraction of sp³-hybridized carbons (Fsp3) is 0.286. The van der Waals surface area contributed by atoms with E-state index in [-0.39, 0.29) is 0 Å². The molecule has 0 aliphatic heterocycles. The molecule has 0 aliphatic carbocycles. The first-order chi connectivity index (χ1) is 9.61. The number of nitrogens with two attached hydrogens (primary N) is 1. The number of hydrogen-bond donors (Lipinski definition) is 2. The largest absolute Gasteiger partial charge is 0.366 e. The fourth-order valence-electron chi connectivity index (χ4n) is 1.90. The number of carbonyl (C=O) groups is 1. The Labute approximate surface area is 122 Å². The van der Waals surface area contributed by atoms with Gasteiger partial charge in [-0.05, 0) is 36.7 Å². The number of rotatable bonds is 6. The lowest BCUT2D eigenvalue weighted by atomic mass is 10.1. The van der Waals surface area contributed by atoms with E-state index in [1.54, 1.807) is 16.9 Å². The highest BCUT2D eigenvalue weighted by atomic mass is 35.5. The Bertz CT molecular complexity index is 609. The first-order valence-electron chi connectivity index (χ1n) is 6.45. The summed E-state index contributed by atoms with van der Waals surface area (Å²) in [5, 5.41) is 8.17. The zero-order chi connectivity index (χ0) is 14.5. The second-order valence-corrected chi connectivity index (χ2v) is 4.92. The molecule has 0 spiro atoms. The number of halogens is 1. The summed E-state index contributed by atoms with van der Waals surface area (Å²) >= 11 is 6.04. The number of hydrogen-bond acceptors (Lipinski definition) is 3. The van der Waals surface area contributed by atoms with Gasteiger partial charge in [0.05, 0.1) is 17.4 Å². The normalized spacial score (nSPS) is 10.7. The van der Waals surface area contributed by atoms with Crippen LogP contribution in [0.1, 0.15) is 29.3 Å². The van der Waals surface area contributed by atoms with Gasteiger partial charge in [-0.2, -0.15) is 5.10 Å². The molecule has 106 valence electrons. The minimum absolute atomic E-state index is 0.382. The van der Waals surface area contributed by atoms with E-state index in [0.717, 1.165) is 24.2 Å². The van der Waals surface area contributed by atoms with Gasteiger partial charge in [-0.15, -0.1) is 0 Å². The predicted octanol–water partition coefficient (Wildman–Crippen LogP) is 2.12. The maximum absolute atomic E-state index is 11.1. The smallest absolute Gasteiger partial charge is 0.251 e. The highest BCUT2D eigenvalue weighted by Gasteiger charge is 2.09. The predicted molar refractivity (Wildman–Crippen MR) is 79.1 cm³/mol. The molecule has 20 heavy (non-hydrogen) atoms. The van der Waals surface area contributed by atoms with Crippen molar-refractivity contribution in [3.8, 4) is 5.69 Å². The van der Waals surface area contributed by atoms with Gasteiger partial charge in [0.15, 0.2) is 0 Å². The number of primary amides is 1. The Morgan fingerprint density at radius 2 is 2.30 bits per heavy atom. The van der Waals surface area contributed by atoms with Crippen molar-refractivity contribution >= 4 is 17.5 Å². The van der Waals surface area contributed by atoms with E-state index in [1.807, 2.05) is 12.1 Å². The highest BCUT2D eigenvalue weighted by molar-refractivity contribution is 6.30. The Kier molecular flexibility index (Phi) is 4.76. The quantitative estimate of drug-likeness (QED) is 0.801. The van der Waals surface area contributed by atoms with Gasteiger partial charge >= 0.3 is 0 Å². The molecule has 1 aromatic carbocycles. The number of amides is 1. The molecule has 0 bridgehead atoms. The van der Waals surface area contributed by atoms with Crippen molar-refractivity contribution in [1.82, 2.24) is 15.1 Å². The summed E-state index contributed by atoms with van der Waals surface area (Å²) < 4.78 is 1.64. The minimum atomic E-state index is -0.490. The third-order valence-electron chi connectivity index (χ3n) is 2.90. The SMILES string of the molecule is CCCNCc1cc(Cl)ccc1-n1cc(C(N)=O)cn1. The maximum Gasteiger partial charge on any atom is 0.251 e. The molecule has 0 aliphatic rings. The van der Waals surface area contributed by atoms with Gasteiger partial charge in [-0.3, -0.25) is 4.79 Å². The average molecular weight is 293 g/mol. The van der Waals surface area contributed by atoms with Gasteiger partial charge in [0.1, 0.15) is 0 Å². The van der Waals surface area contributed by atoms with E-state index in [9.17, 15) is 4.79 Å². The molecular weight excluding hydrogens is 276 g/mol. The zero-order valence-electron chi connectivity index (χ0n) is 11.3. The summed E-state index contributed by atoms with van der Waals surface area (Å²) in [4.78, 5) is 11.1. The Balaban J connectivity index is 2.31. The molecular formula is C14H17ClN4O. The zero-order valence-corrected chi connectivity index (χ0v) is 12.0. The standard InChI is InChI=1S/C14H17ClN4O/c1-2-5-17-7-10-6-12(15)3-4-13(10)19-9-11(8-18-19)14(16)20/h3-4,6,8-9,17H,2,5,7H2,1H3,(H2,16,20). The van der Waals surface area contributed by atoms with E-state index in [1.165, 1.54) is 6.20 Å². The number of nitrogens with zero attached hydrogens (tertiary/aromatic N) is 2. The fourth-order valence-corrected chi connectivity index (χ4v) is 2.10. The molecule has 1 aromatic heterocycles. The summed E-state index contributed by atoms with van der Waals surface area (Å²) in [6, 6.07) is 5.57. The van der Waals surface area contributed by atoms with Crippen LogP contribution in [0.15, 0.2) is 30.6 Å². The van der Waals surface area contributed by atoms with E-state index in [2.05, 4.69) is 17.3 Å². The number of aromatic nitrogens is 2. The van der Waals surface area contributed by atoms with Crippen molar-refractivity contribution < 1.29 is 4.79 Å². The molecule has 0 unspecified atom stereocenters. The molecule has 0 saturated heterocycles. The molecule has 1 amide bonds. The first kappa shape index (κ1) is 14.6. The number of nitrogens with one attached hydrogen (secondary N) is 1. The second-order valence-electron chi connectivity index (χ2n) is 4.49. The van der Waals surface area contributed by atoms with Crippen LogP contribution < -0.4 is 11.1 Å². The highest BCUT2D eigenvalue weighted by Crippen LogP contribution is 2.19. The lowest BCUT2D eigenvalue weighted by Crippen LogP contribution is -2.15. The molecule has 5 nitrogen and oxygen atoms in total. The molecule has 2 rings (SSSR count). The van der Waals surface area contributed by atoms with Crippen LogP contribution in [0.2, 0.25) is 5.02 Å². The van der Waals surface area contributed by atoms with Gasteiger partial charge in [0, 0.05) is 17.8 Å². The second kappa shape index (κ2) is 6.54. The molecule has 0 radical (unpaired) electrons. The van der Waals surface area contributed by atoms with Crippen molar-refractivity contribution in [2.45, 2.75) is 19.9 Å². The maximum atomic E-state index is 11.1. The first-order valence-corrected chi connectivity index (χ1v) is 6.83. The van der Waals surface area contributed by atoms with Crippen LogP contribution in [0.4, 0.5) is 0 Å². The van der Waals surface area contributed by atoms with Crippen molar-refractivity contribution in [1.29, 1.82) is 0 Å². The van der Waals surface area contributed by atoms with Crippen molar-refractivity contribution in [2.75, 3.05) is 6.54 Å². The van der Waals surface area contributed by atoms with Gasteiger partial charge in [-0.1, -0.05) is 18.5 Å². The summed E-state index contributed by atoms with van der Waals surface area (Å²) in [7, 11) is 0. The number of benzene rings is 1. The molecule has 3 N–H and O–H groups in total. The van der Waals surface area contributed by atoms with Crippen LogP contribution in [-0.4, -0.2) is 22.2 Å². The van der Waals surface area contributed by atoms with Crippen LogP contribution in [0.3, 0.4) is 0 Å². The molecule has 0 saturated carbocycles. The van der Waals surface area contributed by atoms with Gasteiger partial charge in [0.2, 0.25) is 0 Å². The van der Waals surface area contributed by atoms with Crippen LogP contribution in [0, 0.1) is 0 Å². The van der Waals surface area contributed by atoms with Crippen molar-refractivity contribution in [3.05, 3.63) is 46.7 Å². The minimum Gasteiger partial charge on any atom is -0.366 e. The average Bonchev–Trinajstić information content (AvgIpc) is 2.89. The lowest BCUT2D eigenvalue weighted by Gasteiger charge is -2.11. The van der Waals surface area contributed by atoms with E-state index < -0.39 is 5.91 Å². The summed E-state index contributed by atoms with van der Waals surface area (Å²) in [5.74, 6) is -0.490. The summed E-state index contributed by atoms with van der Waals surface area (Å²) in [6.07, 6.45) is 4.14. The lowest BCUT2D eigenvalue weighted by molar-refractivity contribution is 0.100. The van der Waals surface area contributed by atoms with Crippen LogP contribution >= 0.6 is 11.6 Å². The van der Waals surface area contributed by atoms with Crippen LogP contribution in [0.5, 0.6) is 0 Å². The van der Waals surface area contributed by atoms with Crippen molar-refractivity contribution in [3.63, 3.8) is 0 Å². The summed E-state index contributed by atoms with van der Waals surface area (Å²) in [5.41, 5.74) is 7.52. The van der Waals surface area contributed by atoms with Gasteiger partial charge < -0.3 is 11.1 Å². The molecule has 0 fully saturated rings. The van der Waals surface area contributed by atoms with E-state index in [0.29, 0.717) is 17.1 Å². The molecule has 1 heterocycles. The third kappa shape index (κ3) is 3.37. The van der Waals surface area contributed by atoms with Crippen LogP contribution in [0.25, 0.3) is 5.69 Å². The van der Waals surface area contributed by atoms with E-state index in [4.69, 9.17) is 17.3 Å². The third-order valence-corrected chi connectivity index (χ3v) is 3.13. The van der Waals surface area contributed by atoms with Gasteiger partial charge in [-0.25, -0.2) is 4.68 Å². The number of carbonyl (C=O) groups excluding carboxylic acids is 1. The molecule has 2 aromatic rings. The molecule has 0 atom stereocenters. The Morgan fingerprint density at radius 3 is 2.95 bits per heavy atom. The molecule has 6 heteroatoms. The topological polar surface area (TPSA) is 72.9 Å². The van der Waals surface area contributed by atoms with Gasteiger partial charge in [0.25, 0.3) is 5.91 Å². The van der Waals surface area contributed by atoms with Crippen LogP contribution in [-0.2, 0) is 6.54 Å². The van der Waals surface area contributed by atoms with Crippen molar-refractivity contribution in [2.24, 2.45) is 5.73 Å². The Morgan fingerprint density at radius 1 is 1.50 bits per heavy atom. The monoisotopic (exact) mass is 292 g/mol. The summed E-state index contributed by atoms with van der Waals surface area (Å²) in [6.45, 7) is 3.73. The Hall–Kier alpha value is -1.85. The van der Waals surface area contributed by atoms with E-state index >= 15 is 0 Å².